The van der Waals surface area contributed by atoms with E-state index in [1.54, 1.807) is 0 Å². The topological polar surface area (TPSA) is 140 Å². The van der Waals surface area contributed by atoms with Crippen LogP contribution in [0, 0.1) is 17.8 Å². The number of ether oxygens (including phenoxy) is 2. The first-order chi connectivity index (χ1) is 13.3. The lowest BCUT2D eigenvalue weighted by Crippen LogP contribution is -2.21. The Kier molecular flexibility index (Phi) is 9.14. The van der Waals surface area contributed by atoms with Crippen molar-refractivity contribution < 1.29 is 39.5 Å². The highest BCUT2D eigenvalue weighted by Gasteiger charge is 2.46. The fraction of sp³-hybridized carbons (Fsp3) is 0.900. The van der Waals surface area contributed by atoms with Crippen molar-refractivity contribution in [3.8, 4) is 0 Å². The molecule has 0 amide bonds. The molecular weight excluding hydrogens is 368 g/mol. The molecule has 2 saturated carbocycles. The summed E-state index contributed by atoms with van der Waals surface area (Å²) < 4.78 is 10.4. The van der Waals surface area contributed by atoms with Gasteiger partial charge >= 0.3 is 11.9 Å². The van der Waals surface area contributed by atoms with Gasteiger partial charge in [0.25, 0.3) is 0 Å². The van der Waals surface area contributed by atoms with Crippen molar-refractivity contribution >= 4 is 11.9 Å². The molecule has 28 heavy (non-hydrogen) atoms. The van der Waals surface area contributed by atoms with E-state index in [0.29, 0.717) is 18.1 Å². The van der Waals surface area contributed by atoms with Gasteiger partial charge in [0, 0.05) is 13.2 Å². The largest absolute Gasteiger partial charge is 0.481 e. The van der Waals surface area contributed by atoms with Gasteiger partial charge < -0.3 is 29.9 Å². The van der Waals surface area contributed by atoms with E-state index in [0.717, 1.165) is 51.4 Å². The van der Waals surface area contributed by atoms with E-state index in [2.05, 4.69) is 0 Å². The van der Waals surface area contributed by atoms with Gasteiger partial charge in [0.2, 0.25) is 0 Å². The van der Waals surface area contributed by atoms with E-state index in [9.17, 15) is 9.59 Å². The van der Waals surface area contributed by atoms with Gasteiger partial charge in [0.15, 0.2) is 0 Å². The van der Waals surface area contributed by atoms with Gasteiger partial charge in [-0.3, -0.25) is 9.59 Å². The summed E-state index contributed by atoms with van der Waals surface area (Å²) in [5.74, 6) is -1.12. The van der Waals surface area contributed by atoms with Crippen LogP contribution in [0.2, 0.25) is 0 Å². The van der Waals surface area contributed by atoms with Gasteiger partial charge in [-0.2, -0.15) is 0 Å². The van der Waals surface area contributed by atoms with Crippen LogP contribution < -0.4 is 0 Å². The normalized spacial score (nSPS) is 34.6. The van der Waals surface area contributed by atoms with Crippen molar-refractivity contribution in [2.24, 2.45) is 17.8 Å². The second-order valence-electron chi connectivity index (χ2n) is 8.25. The smallest absolute Gasteiger partial charge is 0.306 e. The maximum atomic E-state index is 10.5. The van der Waals surface area contributed by atoms with Crippen LogP contribution in [0.5, 0.6) is 0 Å². The lowest BCUT2D eigenvalue weighted by atomic mass is 9.90. The number of rotatable bonds is 6. The van der Waals surface area contributed by atoms with E-state index in [1.807, 2.05) is 6.92 Å². The molecular formula is C20H34O8. The van der Waals surface area contributed by atoms with Crippen molar-refractivity contribution in [1.29, 1.82) is 0 Å². The highest BCUT2D eigenvalue weighted by atomic mass is 16.6. The Bertz CT molecular complexity index is 466. The van der Waals surface area contributed by atoms with E-state index < -0.39 is 11.9 Å². The molecule has 4 fully saturated rings. The molecule has 6 unspecified atom stereocenters. The van der Waals surface area contributed by atoms with Gasteiger partial charge in [0.05, 0.1) is 36.3 Å². The Hall–Kier alpha value is -1.22. The first-order valence-corrected chi connectivity index (χ1v) is 10.3. The molecule has 0 aromatic rings. The van der Waals surface area contributed by atoms with Gasteiger partial charge in [-0.25, -0.2) is 0 Å². The lowest BCUT2D eigenvalue weighted by molar-refractivity contribution is -0.143. The Morgan fingerprint density at radius 3 is 1.46 bits per heavy atom. The molecule has 4 N–H and O–H groups in total. The first-order valence-electron chi connectivity index (χ1n) is 10.3. The van der Waals surface area contributed by atoms with Crippen LogP contribution in [0.3, 0.4) is 0 Å². The van der Waals surface area contributed by atoms with E-state index >= 15 is 0 Å². The lowest BCUT2D eigenvalue weighted by Gasteiger charge is -2.12. The second kappa shape index (κ2) is 11.1. The predicted octanol–water partition coefficient (Wildman–Crippen LogP) is 1.66. The molecule has 8 heteroatoms. The third-order valence-electron chi connectivity index (χ3n) is 5.95. The molecule has 2 aliphatic heterocycles. The average Bonchev–Trinajstić information content (AvgIpc) is 3.55. The number of epoxide rings is 2. The summed E-state index contributed by atoms with van der Waals surface area (Å²) in [5, 5.41) is 34.0. The summed E-state index contributed by atoms with van der Waals surface area (Å²) in [4.78, 5) is 20.9. The van der Waals surface area contributed by atoms with Gasteiger partial charge in [-0.15, -0.1) is 0 Å². The summed E-state index contributed by atoms with van der Waals surface area (Å²) in [6, 6.07) is 0. The van der Waals surface area contributed by atoms with Crippen LogP contribution in [0.4, 0.5) is 0 Å². The Morgan fingerprint density at radius 1 is 0.786 bits per heavy atom. The molecule has 0 spiro atoms. The van der Waals surface area contributed by atoms with Crippen molar-refractivity contribution in [2.75, 3.05) is 13.2 Å². The number of fused-ring (bicyclic) bond motifs is 2. The molecule has 2 saturated heterocycles. The first kappa shape index (κ1) is 23.1. The molecule has 4 rings (SSSR count). The van der Waals surface area contributed by atoms with E-state index in [4.69, 9.17) is 29.9 Å². The SMILES string of the molecule is CC(CCO)CCO.O=C(O)C1CCC2OC2C1.O=C(O)C1CCC2OC2C1. The maximum absolute atomic E-state index is 10.5. The quantitative estimate of drug-likeness (QED) is 0.492. The zero-order valence-corrected chi connectivity index (χ0v) is 16.5. The minimum atomic E-state index is -0.658. The monoisotopic (exact) mass is 402 g/mol. The molecule has 162 valence electrons. The number of aliphatic hydroxyl groups excluding tert-OH is 2. The molecule has 0 aromatic carbocycles. The summed E-state index contributed by atoms with van der Waals surface area (Å²) in [7, 11) is 0. The van der Waals surface area contributed by atoms with Crippen molar-refractivity contribution in [3.05, 3.63) is 0 Å². The summed E-state index contributed by atoms with van der Waals surface area (Å²) >= 11 is 0. The minimum absolute atomic E-state index is 0.135. The highest BCUT2D eigenvalue weighted by molar-refractivity contribution is 5.70. The van der Waals surface area contributed by atoms with Crippen LogP contribution in [0.25, 0.3) is 0 Å². The van der Waals surface area contributed by atoms with Crippen LogP contribution >= 0.6 is 0 Å². The molecule has 0 aromatic heterocycles. The zero-order chi connectivity index (χ0) is 20.7. The van der Waals surface area contributed by atoms with Crippen LogP contribution in [0.15, 0.2) is 0 Å². The number of hydrogen-bond acceptors (Lipinski definition) is 6. The predicted molar refractivity (Wildman–Crippen MR) is 99.8 cm³/mol. The average molecular weight is 402 g/mol. The molecule has 0 bridgehead atoms. The van der Waals surface area contributed by atoms with Crippen molar-refractivity contribution in [3.63, 3.8) is 0 Å². The van der Waals surface area contributed by atoms with Gasteiger partial charge in [-0.1, -0.05) is 6.92 Å². The van der Waals surface area contributed by atoms with Crippen LogP contribution in [-0.4, -0.2) is 70.0 Å². The molecule has 6 atom stereocenters. The number of aliphatic carboxylic acids is 2. The summed E-state index contributed by atoms with van der Waals surface area (Å²) in [5.41, 5.74) is 0. The zero-order valence-electron chi connectivity index (χ0n) is 16.5. The van der Waals surface area contributed by atoms with Crippen LogP contribution in [-0.2, 0) is 19.1 Å². The standard InChI is InChI=1S/2C7H10O3.C6H14O2/c2*8-7(9)4-1-2-5-6(3-4)10-5;1-6(2-4-7)3-5-8/h2*4-6H,1-3H2,(H,8,9);6-8H,2-5H2,1H3. The molecule has 4 aliphatic rings. The van der Waals surface area contributed by atoms with Gasteiger partial charge in [-0.05, 0) is 57.3 Å². The fourth-order valence-corrected chi connectivity index (χ4v) is 3.84. The third kappa shape index (κ3) is 7.66. The van der Waals surface area contributed by atoms with Crippen LogP contribution in [0.1, 0.15) is 58.3 Å². The minimum Gasteiger partial charge on any atom is -0.481 e. The number of hydrogen-bond donors (Lipinski definition) is 4. The fourth-order valence-electron chi connectivity index (χ4n) is 3.84. The number of carbonyl (C=O) groups is 2. The van der Waals surface area contributed by atoms with Crippen molar-refractivity contribution in [2.45, 2.75) is 82.7 Å². The maximum Gasteiger partial charge on any atom is 0.306 e. The van der Waals surface area contributed by atoms with E-state index in [-0.39, 0.29) is 37.3 Å². The summed E-state index contributed by atoms with van der Waals surface area (Å²) in [6.45, 7) is 2.49. The number of aliphatic hydroxyl groups is 2. The Balaban J connectivity index is 0.000000152. The number of carboxylic acid groups (broad SMARTS) is 2. The van der Waals surface area contributed by atoms with Crippen molar-refractivity contribution in [1.82, 2.24) is 0 Å². The number of carboxylic acids is 2. The third-order valence-corrected chi connectivity index (χ3v) is 5.95. The molecule has 2 heterocycles. The molecule has 0 radical (unpaired) electrons. The second-order valence-corrected chi connectivity index (χ2v) is 8.25. The van der Waals surface area contributed by atoms with E-state index in [1.165, 1.54) is 0 Å². The van der Waals surface area contributed by atoms with Gasteiger partial charge in [0.1, 0.15) is 0 Å². The Labute approximate surface area is 165 Å². The molecule has 2 aliphatic carbocycles. The summed E-state index contributed by atoms with van der Waals surface area (Å²) in [6.07, 6.45) is 7.98. The Morgan fingerprint density at radius 2 is 1.18 bits per heavy atom. The molecule has 8 nitrogen and oxygen atoms in total. The highest BCUT2D eigenvalue weighted by Crippen LogP contribution is 2.40.